The molecule has 114 valence electrons. The van der Waals surface area contributed by atoms with Crippen LogP contribution in [0.5, 0.6) is 0 Å². The summed E-state index contributed by atoms with van der Waals surface area (Å²) in [5, 5.41) is 15.6. The Morgan fingerprint density at radius 3 is 2.00 bits per heavy atom. The number of hydrogen-bond donors (Lipinski definition) is 3. The monoisotopic (exact) mass is 287 g/mol. The summed E-state index contributed by atoms with van der Waals surface area (Å²) in [5.74, 6) is -2.85. The molecule has 20 heavy (non-hydrogen) atoms. The molecular weight excluding hydrogens is 266 g/mol. The van der Waals surface area contributed by atoms with Gasteiger partial charge in [-0.1, -0.05) is 25.8 Å². The van der Waals surface area contributed by atoms with Crippen molar-refractivity contribution in [3.05, 3.63) is 24.3 Å². The number of unbranched alkanes of at least 4 members (excludes halogenated alkanes) is 2. The molecular formula is C13H21NO6. The largest absolute Gasteiger partial charge is 0.478 e. The molecule has 7 heteroatoms. The smallest absolute Gasteiger partial charge is 0.349 e. The second-order valence-electron chi connectivity index (χ2n) is 3.53. The van der Waals surface area contributed by atoms with Crippen molar-refractivity contribution in [3.8, 4) is 0 Å². The average Bonchev–Trinajstić information content (AvgIpc) is 2.37. The highest BCUT2D eigenvalue weighted by molar-refractivity contribution is 5.89. The lowest BCUT2D eigenvalue weighted by atomic mass is 10.3. The number of carboxylic acid groups (broad SMARTS) is 2. The minimum Gasteiger partial charge on any atom is -0.478 e. The Labute approximate surface area is 117 Å². The van der Waals surface area contributed by atoms with Crippen LogP contribution in [-0.4, -0.2) is 34.7 Å². The molecule has 0 aliphatic rings. The summed E-state index contributed by atoms with van der Waals surface area (Å²) in [6, 6.07) is 0. The summed E-state index contributed by atoms with van der Waals surface area (Å²) in [7, 11) is 0. The predicted octanol–water partition coefficient (Wildman–Crippen LogP) is 1.51. The van der Waals surface area contributed by atoms with Crippen LogP contribution in [0, 0.1) is 0 Å². The van der Waals surface area contributed by atoms with Crippen molar-refractivity contribution in [1.82, 2.24) is 5.48 Å². The van der Waals surface area contributed by atoms with E-state index in [0.717, 1.165) is 19.4 Å². The third-order valence-corrected chi connectivity index (χ3v) is 1.73. The van der Waals surface area contributed by atoms with Crippen molar-refractivity contribution in [1.29, 1.82) is 0 Å². The molecule has 0 spiro atoms. The zero-order chi connectivity index (χ0) is 15.8. The van der Waals surface area contributed by atoms with Gasteiger partial charge in [0, 0.05) is 24.8 Å². The highest BCUT2D eigenvalue weighted by Gasteiger charge is 1.93. The molecule has 0 unspecified atom stereocenters. The van der Waals surface area contributed by atoms with Gasteiger partial charge in [0.2, 0.25) is 0 Å². The maximum atomic E-state index is 10.7. The molecule has 0 rings (SSSR count). The van der Waals surface area contributed by atoms with E-state index in [2.05, 4.69) is 17.2 Å². The van der Waals surface area contributed by atoms with E-state index >= 15 is 0 Å². The van der Waals surface area contributed by atoms with Gasteiger partial charge in [-0.2, -0.15) is 5.48 Å². The summed E-state index contributed by atoms with van der Waals surface area (Å²) < 4.78 is 0. The van der Waals surface area contributed by atoms with Crippen LogP contribution in [0.3, 0.4) is 0 Å². The molecule has 0 aromatic carbocycles. The first-order chi connectivity index (χ1) is 9.43. The van der Waals surface area contributed by atoms with Gasteiger partial charge in [-0.15, -0.1) is 0 Å². The van der Waals surface area contributed by atoms with Crippen molar-refractivity contribution < 1.29 is 29.4 Å². The Balaban J connectivity index is 0. The number of allylic oxidation sites excluding steroid dienone is 1. The minimum atomic E-state index is -1.26. The molecule has 0 aliphatic carbocycles. The van der Waals surface area contributed by atoms with Crippen LogP contribution in [0.4, 0.5) is 0 Å². The molecule has 0 heterocycles. The van der Waals surface area contributed by atoms with Crippen molar-refractivity contribution in [2.45, 2.75) is 33.1 Å². The fraction of sp³-hybridized carbons (Fsp3) is 0.462. The van der Waals surface area contributed by atoms with E-state index in [1.165, 1.54) is 12.5 Å². The van der Waals surface area contributed by atoms with Gasteiger partial charge in [-0.25, -0.2) is 14.4 Å². The number of hydrogen-bond acceptors (Lipinski definition) is 5. The first-order valence-electron chi connectivity index (χ1n) is 6.14. The van der Waals surface area contributed by atoms with E-state index in [0.29, 0.717) is 12.2 Å². The standard InChI is InChI=1S/C9H17NO2.C4H4O4/c1-3-5-6-8-10-12-9(11)7-4-2;5-3(6)1-2-4(7)8/h4,7,10H,3,5-6,8H2,1-2H3;1-2H,(H,5,6)(H,7,8)/b;2-1-. The van der Waals surface area contributed by atoms with Gasteiger partial charge in [0.1, 0.15) is 0 Å². The molecule has 0 atom stereocenters. The van der Waals surface area contributed by atoms with E-state index < -0.39 is 11.9 Å². The van der Waals surface area contributed by atoms with Crippen LogP contribution in [0.2, 0.25) is 0 Å². The van der Waals surface area contributed by atoms with Crippen LogP contribution >= 0.6 is 0 Å². The van der Waals surface area contributed by atoms with Crippen LogP contribution in [-0.2, 0) is 19.2 Å². The zero-order valence-corrected chi connectivity index (χ0v) is 11.7. The maximum absolute atomic E-state index is 10.7. The number of carboxylic acids is 2. The number of hydroxylamine groups is 1. The summed E-state index contributed by atoms with van der Waals surface area (Å²) in [4.78, 5) is 34.5. The van der Waals surface area contributed by atoms with Crippen LogP contribution < -0.4 is 5.48 Å². The molecule has 0 radical (unpaired) electrons. The molecule has 0 aromatic rings. The van der Waals surface area contributed by atoms with Gasteiger partial charge in [0.25, 0.3) is 0 Å². The van der Waals surface area contributed by atoms with Crippen molar-refractivity contribution in [2.75, 3.05) is 6.54 Å². The fourth-order valence-electron chi connectivity index (χ4n) is 0.882. The lowest BCUT2D eigenvalue weighted by Crippen LogP contribution is -2.19. The zero-order valence-electron chi connectivity index (χ0n) is 11.7. The molecule has 3 N–H and O–H groups in total. The number of carbonyl (C=O) groups is 3. The van der Waals surface area contributed by atoms with Gasteiger partial charge >= 0.3 is 17.9 Å². The Bertz CT molecular complexity index is 333. The van der Waals surface area contributed by atoms with E-state index in [9.17, 15) is 14.4 Å². The second kappa shape index (κ2) is 14.9. The first-order valence-corrected chi connectivity index (χ1v) is 6.14. The van der Waals surface area contributed by atoms with E-state index in [-0.39, 0.29) is 5.97 Å². The quantitative estimate of drug-likeness (QED) is 0.352. The summed E-state index contributed by atoms with van der Waals surface area (Å²) >= 11 is 0. The molecule has 0 saturated heterocycles. The lowest BCUT2D eigenvalue weighted by molar-refractivity contribution is -0.145. The van der Waals surface area contributed by atoms with Crippen molar-refractivity contribution in [2.24, 2.45) is 0 Å². The SMILES string of the molecule is CC=CC(=O)ONCCCCC.O=C(O)/C=C\C(=O)O. The highest BCUT2D eigenvalue weighted by Crippen LogP contribution is 1.90. The van der Waals surface area contributed by atoms with Gasteiger partial charge in [0.15, 0.2) is 0 Å². The molecule has 0 aliphatic heterocycles. The Morgan fingerprint density at radius 1 is 1.05 bits per heavy atom. The van der Waals surface area contributed by atoms with E-state index in [1.807, 2.05) is 0 Å². The summed E-state index contributed by atoms with van der Waals surface area (Å²) in [6.07, 6.45) is 7.52. The minimum absolute atomic E-state index is 0.339. The second-order valence-corrected chi connectivity index (χ2v) is 3.53. The fourth-order valence-corrected chi connectivity index (χ4v) is 0.882. The molecule has 0 aromatic heterocycles. The number of carbonyl (C=O) groups excluding carboxylic acids is 1. The van der Waals surface area contributed by atoms with Crippen molar-refractivity contribution >= 4 is 17.9 Å². The molecule has 0 bridgehead atoms. The van der Waals surface area contributed by atoms with Gasteiger partial charge in [0.05, 0.1) is 0 Å². The Hall–Kier alpha value is -2.15. The van der Waals surface area contributed by atoms with Crippen molar-refractivity contribution in [3.63, 3.8) is 0 Å². The molecule has 7 nitrogen and oxygen atoms in total. The van der Waals surface area contributed by atoms with E-state index in [1.54, 1.807) is 13.0 Å². The van der Waals surface area contributed by atoms with Crippen LogP contribution in [0.1, 0.15) is 33.1 Å². The highest BCUT2D eigenvalue weighted by atomic mass is 16.7. The molecule has 0 saturated carbocycles. The van der Waals surface area contributed by atoms with Gasteiger partial charge < -0.3 is 15.1 Å². The maximum Gasteiger partial charge on any atom is 0.349 e. The summed E-state index contributed by atoms with van der Waals surface area (Å²) in [5.41, 5.74) is 2.60. The third-order valence-electron chi connectivity index (χ3n) is 1.73. The Kier molecular flexibility index (Phi) is 15.0. The van der Waals surface area contributed by atoms with Gasteiger partial charge in [-0.05, 0) is 13.3 Å². The van der Waals surface area contributed by atoms with Crippen LogP contribution in [0.25, 0.3) is 0 Å². The van der Waals surface area contributed by atoms with Gasteiger partial charge in [-0.3, -0.25) is 0 Å². The van der Waals surface area contributed by atoms with E-state index in [4.69, 9.17) is 10.2 Å². The first kappa shape index (κ1) is 20.2. The predicted molar refractivity (Wildman–Crippen MR) is 72.8 cm³/mol. The summed E-state index contributed by atoms with van der Waals surface area (Å²) in [6.45, 7) is 4.64. The van der Waals surface area contributed by atoms with Crippen LogP contribution in [0.15, 0.2) is 24.3 Å². The number of nitrogens with one attached hydrogen (secondary N) is 1. The topological polar surface area (TPSA) is 113 Å². The average molecular weight is 287 g/mol. The number of rotatable bonds is 8. The third kappa shape index (κ3) is 21.2. The Morgan fingerprint density at radius 2 is 1.60 bits per heavy atom. The normalized spacial score (nSPS) is 10.1. The number of aliphatic carboxylic acids is 2. The lowest BCUT2D eigenvalue weighted by Gasteiger charge is -2.01. The molecule has 0 amide bonds. The molecule has 0 fully saturated rings.